The number of rotatable bonds is 4. The van der Waals surface area contributed by atoms with Crippen molar-refractivity contribution in [3.63, 3.8) is 0 Å². The SMILES string of the molecule is CCn1cc(OB(O)O)nc1CO. The number of nitrogens with zero attached hydrogens (tertiary/aromatic N) is 2. The number of imidazole rings is 1. The van der Waals surface area contributed by atoms with E-state index in [9.17, 15) is 0 Å². The highest BCUT2D eigenvalue weighted by Crippen LogP contribution is 2.11. The summed E-state index contributed by atoms with van der Waals surface area (Å²) in [6.45, 7) is 2.30. The Morgan fingerprint density at radius 2 is 2.31 bits per heavy atom. The molecule has 1 heterocycles. The van der Waals surface area contributed by atoms with Gasteiger partial charge in [0.15, 0.2) is 0 Å². The van der Waals surface area contributed by atoms with E-state index in [1.54, 1.807) is 4.57 Å². The number of hydrogen-bond donors (Lipinski definition) is 3. The molecule has 0 saturated heterocycles. The maximum Gasteiger partial charge on any atom is 0.708 e. The number of aryl methyl sites for hydroxylation is 1. The maximum absolute atomic E-state index is 8.83. The summed E-state index contributed by atoms with van der Waals surface area (Å²) in [5.41, 5.74) is 0. The van der Waals surface area contributed by atoms with Crippen molar-refractivity contribution in [3.05, 3.63) is 12.0 Å². The van der Waals surface area contributed by atoms with Gasteiger partial charge in [-0.1, -0.05) is 0 Å². The summed E-state index contributed by atoms with van der Waals surface area (Å²) in [6, 6.07) is 0. The highest BCUT2D eigenvalue weighted by molar-refractivity contribution is 6.33. The lowest BCUT2D eigenvalue weighted by Crippen LogP contribution is -2.20. The number of hydrogen-bond acceptors (Lipinski definition) is 5. The lowest BCUT2D eigenvalue weighted by Gasteiger charge is -1.98. The lowest BCUT2D eigenvalue weighted by atomic mass is 10.3. The van der Waals surface area contributed by atoms with Gasteiger partial charge >= 0.3 is 7.32 Å². The van der Waals surface area contributed by atoms with Gasteiger partial charge in [0.05, 0.1) is 6.20 Å². The molecule has 0 unspecified atom stereocenters. The zero-order chi connectivity index (χ0) is 9.84. The van der Waals surface area contributed by atoms with Crippen molar-refractivity contribution >= 4 is 7.32 Å². The Bertz CT molecular complexity index is 254. The zero-order valence-electron chi connectivity index (χ0n) is 7.21. The summed E-state index contributed by atoms with van der Waals surface area (Å²) in [5.74, 6) is 0.513. The number of aromatic nitrogens is 2. The molecule has 0 saturated carbocycles. The molecule has 0 amide bonds. The van der Waals surface area contributed by atoms with Gasteiger partial charge in [-0.3, -0.25) is 0 Å². The first kappa shape index (κ1) is 10.0. The smallest absolute Gasteiger partial charge is 0.497 e. The molecular weight excluding hydrogens is 175 g/mol. The second-order valence-corrected chi connectivity index (χ2v) is 2.38. The third-order valence-corrected chi connectivity index (χ3v) is 1.55. The van der Waals surface area contributed by atoms with E-state index >= 15 is 0 Å². The summed E-state index contributed by atoms with van der Waals surface area (Å²) in [7, 11) is -1.88. The predicted molar refractivity (Wildman–Crippen MR) is 44.6 cm³/mol. The predicted octanol–water partition coefficient (Wildman–Crippen LogP) is -1.26. The molecule has 0 fully saturated rings. The molecule has 0 aliphatic heterocycles. The van der Waals surface area contributed by atoms with E-state index < -0.39 is 7.32 Å². The van der Waals surface area contributed by atoms with Gasteiger partial charge in [-0.15, -0.1) is 0 Å². The highest BCUT2D eigenvalue weighted by atomic mass is 16.6. The van der Waals surface area contributed by atoms with Gasteiger partial charge in [0.2, 0.25) is 5.88 Å². The van der Waals surface area contributed by atoms with Crippen LogP contribution >= 0.6 is 0 Å². The summed E-state index contributed by atoms with van der Waals surface area (Å²) in [6.07, 6.45) is 1.49. The normalized spacial score (nSPS) is 10.2. The molecule has 1 rings (SSSR count). The van der Waals surface area contributed by atoms with E-state index in [1.165, 1.54) is 6.20 Å². The van der Waals surface area contributed by atoms with Crippen molar-refractivity contribution in [2.75, 3.05) is 0 Å². The van der Waals surface area contributed by atoms with Gasteiger partial charge in [0.1, 0.15) is 12.4 Å². The van der Waals surface area contributed by atoms with E-state index in [0.29, 0.717) is 12.4 Å². The second-order valence-electron chi connectivity index (χ2n) is 2.38. The Morgan fingerprint density at radius 1 is 1.62 bits per heavy atom. The van der Waals surface area contributed by atoms with Crippen molar-refractivity contribution < 1.29 is 19.8 Å². The number of aliphatic hydroxyl groups excluding tert-OH is 1. The Labute approximate surface area is 75.6 Å². The Morgan fingerprint density at radius 3 is 2.69 bits per heavy atom. The summed E-state index contributed by atoms with van der Waals surface area (Å²) in [5, 5.41) is 25.8. The van der Waals surface area contributed by atoms with Crippen LogP contribution in [0.25, 0.3) is 0 Å². The van der Waals surface area contributed by atoms with Crippen LogP contribution in [0.3, 0.4) is 0 Å². The van der Waals surface area contributed by atoms with Gasteiger partial charge in [0, 0.05) is 6.54 Å². The van der Waals surface area contributed by atoms with Crippen LogP contribution < -0.4 is 4.65 Å². The van der Waals surface area contributed by atoms with E-state index in [4.69, 9.17) is 15.2 Å². The summed E-state index contributed by atoms with van der Waals surface area (Å²) < 4.78 is 6.16. The highest BCUT2D eigenvalue weighted by Gasteiger charge is 2.14. The first-order valence-corrected chi connectivity index (χ1v) is 3.87. The molecule has 0 radical (unpaired) electrons. The van der Waals surface area contributed by atoms with Crippen molar-refractivity contribution in [3.8, 4) is 5.88 Å². The van der Waals surface area contributed by atoms with E-state index in [0.717, 1.165) is 0 Å². The minimum Gasteiger partial charge on any atom is -0.497 e. The van der Waals surface area contributed by atoms with Crippen LogP contribution in [0.2, 0.25) is 0 Å². The molecule has 0 aliphatic carbocycles. The largest absolute Gasteiger partial charge is 0.708 e. The van der Waals surface area contributed by atoms with E-state index in [-0.39, 0.29) is 12.5 Å². The standard InChI is InChI=1S/C6H11BN2O4/c1-2-9-3-6(13-7(11)12)8-5(9)4-10/h3,10-12H,2,4H2,1H3. The number of aliphatic hydroxyl groups is 1. The van der Waals surface area contributed by atoms with Crippen LogP contribution in [0.4, 0.5) is 0 Å². The van der Waals surface area contributed by atoms with E-state index in [2.05, 4.69) is 9.64 Å². The molecule has 0 bridgehead atoms. The molecule has 7 heteroatoms. The van der Waals surface area contributed by atoms with Crippen LogP contribution in [0.5, 0.6) is 5.88 Å². The average molecular weight is 186 g/mol. The Balaban J connectivity index is 2.80. The van der Waals surface area contributed by atoms with Crippen molar-refractivity contribution in [1.82, 2.24) is 9.55 Å². The monoisotopic (exact) mass is 186 g/mol. The zero-order valence-corrected chi connectivity index (χ0v) is 7.21. The molecule has 3 N–H and O–H groups in total. The van der Waals surface area contributed by atoms with Crippen LogP contribution in [0.15, 0.2) is 6.20 Å². The Hall–Kier alpha value is -1.05. The quantitative estimate of drug-likeness (QED) is 0.511. The molecule has 0 atom stereocenters. The van der Waals surface area contributed by atoms with Gasteiger partial charge in [-0.25, -0.2) is 0 Å². The van der Waals surface area contributed by atoms with Crippen LogP contribution in [0.1, 0.15) is 12.7 Å². The van der Waals surface area contributed by atoms with Crippen molar-refractivity contribution in [2.45, 2.75) is 20.1 Å². The van der Waals surface area contributed by atoms with Crippen molar-refractivity contribution in [1.29, 1.82) is 0 Å². The molecule has 0 aromatic carbocycles. The molecule has 13 heavy (non-hydrogen) atoms. The molecule has 6 nitrogen and oxygen atoms in total. The first-order valence-electron chi connectivity index (χ1n) is 3.87. The van der Waals surface area contributed by atoms with Crippen LogP contribution in [-0.4, -0.2) is 32.0 Å². The van der Waals surface area contributed by atoms with Crippen molar-refractivity contribution in [2.24, 2.45) is 0 Å². The van der Waals surface area contributed by atoms with Crippen LogP contribution in [-0.2, 0) is 13.2 Å². The molecule has 0 spiro atoms. The fourth-order valence-electron chi connectivity index (χ4n) is 0.993. The summed E-state index contributed by atoms with van der Waals surface area (Å²) >= 11 is 0. The minimum atomic E-state index is -1.88. The third-order valence-electron chi connectivity index (χ3n) is 1.55. The fourth-order valence-corrected chi connectivity index (χ4v) is 0.993. The second kappa shape index (κ2) is 4.26. The molecule has 1 aromatic heterocycles. The van der Waals surface area contributed by atoms with Gasteiger partial charge in [-0.2, -0.15) is 4.98 Å². The van der Waals surface area contributed by atoms with Gasteiger partial charge in [0.25, 0.3) is 0 Å². The molecule has 72 valence electrons. The van der Waals surface area contributed by atoms with E-state index in [1.807, 2.05) is 6.92 Å². The Kier molecular flexibility index (Phi) is 3.29. The fraction of sp³-hybridized carbons (Fsp3) is 0.500. The topological polar surface area (TPSA) is 87.7 Å². The maximum atomic E-state index is 8.83. The molecule has 0 aliphatic rings. The lowest BCUT2D eigenvalue weighted by molar-refractivity contribution is 0.263. The first-order chi connectivity index (χ1) is 6.17. The summed E-state index contributed by atoms with van der Waals surface area (Å²) in [4.78, 5) is 3.81. The van der Waals surface area contributed by atoms with Gasteiger partial charge in [-0.05, 0) is 6.92 Å². The molecule has 1 aromatic rings. The van der Waals surface area contributed by atoms with Gasteiger partial charge < -0.3 is 24.4 Å². The average Bonchev–Trinajstić information content (AvgIpc) is 2.45. The minimum absolute atomic E-state index is 0.0842. The molecular formula is C6H11BN2O4. The third kappa shape index (κ3) is 2.45. The van der Waals surface area contributed by atoms with Crippen LogP contribution in [0, 0.1) is 0 Å².